The van der Waals surface area contributed by atoms with Crippen molar-refractivity contribution in [2.45, 2.75) is 26.9 Å². The van der Waals surface area contributed by atoms with Crippen LogP contribution in [0.25, 0.3) is 0 Å². The molecule has 0 aliphatic carbocycles. The fraction of sp³-hybridized carbons (Fsp3) is 0.462. The van der Waals surface area contributed by atoms with Crippen LogP contribution < -0.4 is 10.8 Å². The smallest absolute Gasteiger partial charge is 0.407 e. The van der Waals surface area contributed by atoms with E-state index in [9.17, 15) is 4.79 Å². The SMILES string of the molecule is CC.O=C(NCCCNO)OCc1ccccc1.[HH].[HH]. The van der Waals surface area contributed by atoms with Crippen molar-refractivity contribution in [1.29, 1.82) is 0 Å². The molecule has 0 radical (unpaired) electrons. The molecule has 1 aromatic carbocycles. The number of hydrogen-bond donors (Lipinski definition) is 3. The molecule has 1 rings (SSSR count). The van der Waals surface area contributed by atoms with E-state index in [0.717, 1.165) is 5.56 Å². The van der Waals surface area contributed by atoms with E-state index in [2.05, 4.69) is 5.32 Å². The summed E-state index contributed by atoms with van der Waals surface area (Å²) in [5, 5.41) is 10.9. The summed E-state index contributed by atoms with van der Waals surface area (Å²) >= 11 is 0. The van der Waals surface area contributed by atoms with Gasteiger partial charge in [-0.1, -0.05) is 44.2 Å². The van der Waals surface area contributed by atoms with E-state index in [1.165, 1.54) is 0 Å². The molecule has 0 bridgehead atoms. The highest BCUT2D eigenvalue weighted by Crippen LogP contribution is 2.00. The number of benzene rings is 1. The van der Waals surface area contributed by atoms with Crippen LogP contribution >= 0.6 is 0 Å². The maximum absolute atomic E-state index is 11.2. The molecule has 0 aliphatic heterocycles. The quantitative estimate of drug-likeness (QED) is 0.542. The lowest BCUT2D eigenvalue weighted by molar-refractivity contribution is 0.137. The first-order chi connectivity index (χ1) is 8.83. The number of rotatable bonds is 6. The van der Waals surface area contributed by atoms with Crippen molar-refractivity contribution < 1.29 is 17.6 Å². The third-order valence-electron chi connectivity index (χ3n) is 1.95. The Labute approximate surface area is 111 Å². The van der Waals surface area contributed by atoms with Crippen molar-refractivity contribution in [1.82, 2.24) is 10.8 Å². The normalized spacial score (nSPS) is 9.06. The summed E-state index contributed by atoms with van der Waals surface area (Å²) in [6, 6.07) is 9.48. The van der Waals surface area contributed by atoms with E-state index in [-0.39, 0.29) is 9.46 Å². The predicted molar refractivity (Wildman–Crippen MR) is 74.6 cm³/mol. The summed E-state index contributed by atoms with van der Waals surface area (Å²) in [6.45, 7) is 5.19. The molecule has 0 fully saturated rings. The Morgan fingerprint density at radius 2 is 1.94 bits per heavy atom. The van der Waals surface area contributed by atoms with Crippen LogP contribution in [0.5, 0.6) is 0 Å². The average Bonchev–Trinajstić information content (AvgIpc) is 2.45. The summed E-state index contributed by atoms with van der Waals surface area (Å²) in [4.78, 5) is 11.2. The van der Waals surface area contributed by atoms with E-state index >= 15 is 0 Å². The van der Waals surface area contributed by atoms with Crippen molar-refractivity contribution in [3.63, 3.8) is 0 Å². The zero-order valence-electron chi connectivity index (χ0n) is 11.0. The molecule has 1 aromatic rings. The van der Waals surface area contributed by atoms with E-state index in [4.69, 9.17) is 9.94 Å². The minimum absolute atomic E-state index is 0. The van der Waals surface area contributed by atoms with Crippen molar-refractivity contribution in [3.8, 4) is 0 Å². The van der Waals surface area contributed by atoms with Crippen LogP contribution in [0.3, 0.4) is 0 Å². The molecule has 106 valence electrons. The summed E-state index contributed by atoms with van der Waals surface area (Å²) in [6.07, 6.45) is 0.207. The predicted octanol–water partition coefficient (Wildman–Crippen LogP) is 2.80. The van der Waals surface area contributed by atoms with Crippen molar-refractivity contribution in [2.24, 2.45) is 0 Å². The third kappa shape index (κ3) is 8.55. The first kappa shape index (κ1) is 16.4. The lowest BCUT2D eigenvalue weighted by atomic mass is 10.2. The van der Waals surface area contributed by atoms with Gasteiger partial charge in [0.2, 0.25) is 0 Å². The van der Waals surface area contributed by atoms with Crippen LogP contribution in [-0.4, -0.2) is 24.4 Å². The van der Waals surface area contributed by atoms with Gasteiger partial charge < -0.3 is 15.3 Å². The van der Waals surface area contributed by atoms with Crippen LogP contribution in [0.15, 0.2) is 30.3 Å². The summed E-state index contributed by atoms with van der Waals surface area (Å²) in [5.74, 6) is 0. The Bertz CT molecular complexity index is 314. The van der Waals surface area contributed by atoms with Crippen molar-refractivity contribution in [2.75, 3.05) is 13.1 Å². The number of nitrogens with one attached hydrogen (secondary N) is 2. The van der Waals surface area contributed by atoms with Crippen LogP contribution in [0, 0.1) is 0 Å². The minimum Gasteiger partial charge on any atom is -0.445 e. The molecule has 1 amide bonds. The molecule has 0 aromatic heterocycles. The van der Waals surface area contributed by atoms with Crippen LogP contribution in [0.1, 0.15) is 28.7 Å². The lowest BCUT2D eigenvalue weighted by Crippen LogP contribution is -2.27. The van der Waals surface area contributed by atoms with Crippen molar-refractivity contribution in [3.05, 3.63) is 35.9 Å². The molecule has 0 spiro atoms. The number of ether oxygens (including phenoxy) is 1. The van der Waals surface area contributed by atoms with E-state index in [1.54, 1.807) is 0 Å². The second-order valence-electron chi connectivity index (χ2n) is 3.25. The molecule has 5 heteroatoms. The molecular weight excluding hydrogens is 232 g/mol. The van der Waals surface area contributed by atoms with Crippen LogP contribution in [0.2, 0.25) is 0 Å². The molecule has 0 saturated carbocycles. The highest BCUT2D eigenvalue weighted by Gasteiger charge is 2.00. The van der Waals surface area contributed by atoms with Gasteiger partial charge in [0.25, 0.3) is 0 Å². The number of carbonyl (C=O) groups is 1. The van der Waals surface area contributed by atoms with Crippen LogP contribution in [-0.2, 0) is 11.3 Å². The second kappa shape index (κ2) is 11.9. The summed E-state index contributed by atoms with van der Waals surface area (Å²) in [7, 11) is 0. The maximum Gasteiger partial charge on any atom is 0.407 e. The molecular formula is C13H26N2O3. The number of alkyl carbamates (subject to hydrolysis) is 1. The second-order valence-corrected chi connectivity index (χ2v) is 3.25. The summed E-state index contributed by atoms with van der Waals surface area (Å²) in [5.41, 5.74) is 2.96. The van der Waals surface area contributed by atoms with E-state index in [0.29, 0.717) is 19.5 Å². The number of carbonyl (C=O) groups excluding carboxylic acids is 1. The van der Waals surface area contributed by atoms with Gasteiger partial charge in [-0.25, -0.2) is 10.3 Å². The topological polar surface area (TPSA) is 70.6 Å². The van der Waals surface area contributed by atoms with Gasteiger partial charge in [0.1, 0.15) is 6.61 Å². The number of hydrogen-bond acceptors (Lipinski definition) is 4. The van der Waals surface area contributed by atoms with E-state index < -0.39 is 6.09 Å². The van der Waals surface area contributed by atoms with Crippen LogP contribution in [0.4, 0.5) is 4.79 Å². The van der Waals surface area contributed by atoms with Crippen molar-refractivity contribution >= 4 is 6.09 Å². The monoisotopic (exact) mass is 258 g/mol. The molecule has 0 unspecified atom stereocenters. The minimum atomic E-state index is -0.443. The number of amides is 1. The Morgan fingerprint density at radius 3 is 2.56 bits per heavy atom. The molecule has 0 heterocycles. The Morgan fingerprint density at radius 1 is 1.28 bits per heavy atom. The highest BCUT2D eigenvalue weighted by atomic mass is 16.5. The van der Waals surface area contributed by atoms with Gasteiger partial charge in [-0.05, 0) is 12.0 Å². The largest absolute Gasteiger partial charge is 0.445 e. The summed E-state index contributed by atoms with van der Waals surface area (Å²) < 4.78 is 4.98. The number of hydroxylamine groups is 1. The third-order valence-corrected chi connectivity index (χ3v) is 1.95. The van der Waals surface area contributed by atoms with Gasteiger partial charge in [0.05, 0.1) is 0 Å². The van der Waals surface area contributed by atoms with Gasteiger partial charge in [-0.3, -0.25) is 0 Å². The fourth-order valence-corrected chi connectivity index (χ4v) is 1.13. The zero-order chi connectivity index (χ0) is 13.6. The molecule has 0 saturated heterocycles. The molecule has 0 aliphatic rings. The molecule has 3 N–H and O–H groups in total. The van der Waals surface area contributed by atoms with Gasteiger partial charge in [0, 0.05) is 15.9 Å². The molecule has 0 atom stereocenters. The van der Waals surface area contributed by atoms with Gasteiger partial charge in [-0.2, -0.15) is 0 Å². The maximum atomic E-state index is 11.2. The Hall–Kier alpha value is -1.59. The molecule has 18 heavy (non-hydrogen) atoms. The molecule has 5 nitrogen and oxygen atoms in total. The Balaban J connectivity index is -0.000000689. The first-order valence-corrected chi connectivity index (χ1v) is 6.14. The highest BCUT2D eigenvalue weighted by molar-refractivity contribution is 5.67. The standard InChI is InChI=1S/C11H16N2O3.C2H6.2H2/c14-11(12-7-4-8-13-15)16-9-10-5-2-1-3-6-10;1-2;;/h1-3,5-6,13,15H,4,7-9H2,(H,12,14);1-2H3;2*1H. The van der Waals surface area contributed by atoms with Gasteiger partial charge in [-0.15, -0.1) is 0 Å². The van der Waals surface area contributed by atoms with Gasteiger partial charge >= 0.3 is 6.09 Å². The van der Waals surface area contributed by atoms with E-state index in [1.807, 2.05) is 49.7 Å². The average molecular weight is 258 g/mol. The first-order valence-electron chi connectivity index (χ1n) is 6.14. The Kier molecular flexibility index (Phi) is 10.8. The van der Waals surface area contributed by atoms with Gasteiger partial charge in [0.15, 0.2) is 0 Å². The lowest BCUT2D eigenvalue weighted by Gasteiger charge is -2.06. The fourth-order valence-electron chi connectivity index (χ4n) is 1.13. The zero-order valence-corrected chi connectivity index (χ0v) is 11.0.